The predicted molar refractivity (Wildman–Crippen MR) is 66.0 cm³/mol. The van der Waals surface area contributed by atoms with E-state index >= 15 is 0 Å². The molecule has 92 valence electrons. The van der Waals surface area contributed by atoms with E-state index in [9.17, 15) is 0 Å². The summed E-state index contributed by atoms with van der Waals surface area (Å²) in [4.78, 5) is 0. The molecule has 2 atom stereocenters. The summed E-state index contributed by atoms with van der Waals surface area (Å²) in [7, 11) is 1.98. The molecule has 0 fully saturated rings. The maximum atomic E-state index is 4.07. The van der Waals surface area contributed by atoms with E-state index < -0.39 is 0 Å². The van der Waals surface area contributed by atoms with Gasteiger partial charge in [0.25, 0.3) is 0 Å². The van der Waals surface area contributed by atoms with Crippen molar-refractivity contribution in [2.24, 2.45) is 13.0 Å². The summed E-state index contributed by atoms with van der Waals surface area (Å²) in [5.41, 5.74) is 0. The lowest BCUT2D eigenvalue weighted by Gasteiger charge is -2.19. The average Bonchev–Trinajstić information content (AvgIpc) is 2.69. The summed E-state index contributed by atoms with van der Waals surface area (Å²) in [6.45, 7) is 7.61. The molecule has 0 saturated carbocycles. The van der Waals surface area contributed by atoms with Gasteiger partial charge in [0.05, 0.1) is 6.54 Å². The molecule has 0 aliphatic rings. The zero-order valence-corrected chi connectivity index (χ0v) is 10.9. The van der Waals surface area contributed by atoms with Gasteiger partial charge >= 0.3 is 0 Å². The van der Waals surface area contributed by atoms with Crippen LogP contribution in [0.4, 0.5) is 0 Å². The second-order valence-corrected chi connectivity index (χ2v) is 4.59. The largest absolute Gasteiger partial charge is 0.320 e. The fraction of sp³-hybridized carbons (Fsp3) is 0.833. The van der Waals surface area contributed by atoms with Crippen LogP contribution in [0.5, 0.6) is 0 Å². The summed E-state index contributed by atoms with van der Waals surface area (Å²) in [6.07, 6.45) is 5.40. The Balaban J connectivity index is 2.37. The highest BCUT2D eigenvalue weighted by molar-refractivity contribution is 4.84. The number of nitrogens with one attached hydrogen (secondary N) is 1. The van der Waals surface area contributed by atoms with Gasteiger partial charge in [-0.25, -0.2) is 0 Å². The van der Waals surface area contributed by atoms with Crippen LogP contribution in [0, 0.1) is 5.92 Å². The molecule has 0 bridgehead atoms. The topological polar surface area (TPSA) is 42.7 Å². The fourth-order valence-corrected chi connectivity index (χ4v) is 1.75. The van der Waals surface area contributed by atoms with E-state index in [-0.39, 0.29) is 0 Å². The molecule has 4 heteroatoms. The smallest absolute Gasteiger partial charge is 0.146 e. The number of nitrogens with zero attached hydrogens (tertiary/aromatic N) is 3. The maximum Gasteiger partial charge on any atom is 0.146 e. The van der Waals surface area contributed by atoms with Crippen LogP contribution in [0.1, 0.15) is 45.9 Å². The fourth-order valence-electron chi connectivity index (χ4n) is 1.75. The molecule has 16 heavy (non-hydrogen) atoms. The molecule has 0 spiro atoms. The Morgan fingerprint density at radius 2 is 2.12 bits per heavy atom. The first-order valence-corrected chi connectivity index (χ1v) is 6.23. The summed E-state index contributed by atoms with van der Waals surface area (Å²) >= 11 is 0. The van der Waals surface area contributed by atoms with Crippen LogP contribution < -0.4 is 5.32 Å². The zero-order valence-electron chi connectivity index (χ0n) is 10.9. The molecule has 0 radical (unpaired) electrons. The third-order valence-corrected chi connectivity index (χ3v) is 3.23. The van der Waals surface area contributed by atoms with Crippen LogP contribution in [0.2, 0.25) is 0 Å². The van der Waals surface area contributed by atoms with Crippen molar-refractivity contribution in [2.45, 2.75) is 52.6 Å². The van der Waals surface area contributed by atoms with Crippen molar-refractivity contribution in [1.29, 1.82) is 0 Å². The van der Waals surface area contributed by atoms with Crippen LogP contribution in [0.25, 0.3) is 0 Å². The number of hydrogen-bond acceptors (Lipinski definition) is 3. The van der Waals surface area contributed by atoms with Gasteiger partial charge in [-0.05, 0) is 18.8 Å². The molecule has 1 N–H and O–H groups in total. The number of hydrogen-bond donors (Lipinski definition) is 1. The van der Waals surface area contributed by atoms with E-state index in [1.54, 1.807) is 6.33 Å². The molecule has 1 aromatic heterocycles. The van der Waals surface area contributed by atoms with E-state index in [1.807, 2.05) is 11.6 Å². The predicted octanol–water partition coefficient (Wildman–Crippen LogP) is 2.12. The quantitative estimate of drug-likeness (QED) is 0.771. The van der Waals surface area contributed by atoms with Crippen LogP contribution in [-0.2, 0) is 13.6 Å². The number of aryl methyl sites for hydroxylation is 1. The van der Waals surface area contributed by atoms with Crippen LogP contribution in [-0.4, -0.2) is 20.8 Å². The van der Waals surface area contributed by atoms with E-state index in [4.69, 9.17) is 0 Å². The second kappa shape index (κ2) is 6.63. The molecule has 2 unspecified atom stereocenters. The SMILES string of the molecule is CCC(C)CC(CC)NCc1nncn1C. The van der Waals surface area contributed by atoms with Gasteiger partial charge in [0.2, 0.25) is 0 Å². The lowest BCUT2D eigenvalue weighted by Crippen LogP contribution is -2.30. The average molecular weight is 224 g/mol. The third kappa shape index (κ3) is 3.93. The van der Waals surface area contributed by atoms with Gasteiger partial charge in [0.1, 0.15) is 12.2 Å². The summed E-state index contributed by atoms with van der Waals surface area (Å²) in [5, 5.41) is 11.5. The Morgan fingerprint density at radius 3 is 2.62 bits per heavy atom. The van der Waals surface area contributed by atoms with Gasteiger partial charge in [0.15, 0.2) is 0 Å². The van der Waals surface area contributed by atoms with E-state index in [0.717, 1.165) is 18.3 Å². The van der Waals surface area contributed by atoms with Gasteiger partial charge < -0.3 is 9.88 Å². The van der Waals surface area contributed by atoms with Gasteiger partial charge in [-0.1, -0.05) is 27.2 Å². The maximum absolute atomic E-state index is 4.07. The van der Waals surface area contributed by atoms with Crippen LogP contribution >= 0.6 is 0 Å². The molecule has 0 aliphatic heterocycles. The van der Waals surface area contributed by atoms with E-state index in [1.165, 1.54) is 19.3 Å². The molecule has 1 rings (SSSR count). The van der Waals surface area contributed by atoms with Crippen LogP contribution in [0.3, 0.4) is 0 Å². The third-order valence-electron chi connectivity index (χ3n) is 3.23. The Kier molecular flexibility index (Phi) is 5.46. The van der Waals surface area contributed by atoms with Crippen molar-refractivity contribution in [2.75, 3.05) is 0 Å². The number of rotatable bonds is 7. The Bertz CT molecular complexity index is 295. The van der Waals surface area contributed by atoms with Gasteiger partial charge in [-0.3, -0.25) is 0 Å². The highest BCUT2D eigenvalue weighted by Crippen LogP contribution is 2.12. The van der Waals surface area contributed by atoms with Crippen molar-refractivity contribution in [1.82, 2.24) is 20.1 Å². The zero-order chi connectivity index (χ0) is 12.0. The van der Waals surface area contributed by atoms with Gasteiger partial charge in [0, 0.05) is 13.1 Å². The molecule has 0 saturated heterocycles. The van der Waals surface area contributed by atoms with Crippen molar-refractivity contribution in [3.63, 3.8) is 0 Å². The van der Waals surface area contributed by atoms with E-state index in [0.29, 0.717) is 6.04 Å². The van der Waals surface area contributed by atoms with Gasteiger partial charge in [-0.15, -0.1) is 10.2 Å². The monoisotopic (exact) mass is 224 g/mol. The molecule has 0 aromatic carbocycles. The Hall–Kier alpha value is -0.900. The Morgan fingerprint density at radius 1 is 1.38 bits per heavy atom. The molecule has 1 heterocycles. The molecule has 4 nitrogen and oxygen atoms in total. The lowest BCUT2D eigenvalue weighted by atomic mass is 9.98. The van der Waals surface area contributed by atoms with Crippen molar-refractivity contribution in [3.8, 4) is 0 Å². The summed E-state index contributed by atoms with van der Waals surface area (Å²) < 4.78 is 1.96. The molecule has 1 aromatic rings. The molecular formula is C12H24N4. The number of aromatic nitrogens is 3. The molecule has 0 aliphatic carbocycles. The van der Waals surface area contributed by atoms with E-state index in [2.05, 4.69) is 36.3 Å². The minimum Gasteiger partial charge on any atom is -0.320 e. The Labute approximate surface area is 98.5 Å². The van der Waals surface area contributed by atoms with Crippen LogP contribution in [0.15, 0.2) is 6.33 Å². The molecular weight excluding hydrogens is 200 g/mol. The summed E-state index contributed by atoms with van der Waals surface area (Å²) in [5.74, 6) is 1.79. The first-order valence-electron chi connectivity index (χ1n) is 6.23. The summed E-state index contributed by atoms with van der Waals surface area (Å²) in [6, 6.07) is 0.589. The minimum atomic E-state index is 0.589. The highest BCUT2D eigenvalue weighted by Gasteiger charge is 2.10. The molecule has 0 amide bonds. The van der Waals surface area contributed by atoms with Crippen molar-refractivity contribution in [3.05, 3.63) is 12.2 Å². The lowest BCUT2D eigenvalue weighted by molar-refractivity contribution is 0.379. The van der Waals surface area contributed by atoms with Gasteiger partial charge in [-0.2, -0.15) is 0 Å². The second-order valence-electron chi connectivity index (χ2n) is 4.59. The standard InChI is InChI=1S/C12H24N4/c1-5-10(3)7-11(6-2)13-8-12-15-14-9-16(12)4/h9-11,13H,5-8H2,1-4H3. The van der Waals surface area contributed by atoms with Crippen molar-refractivity contribution >= 4 is 0 Å². The highest BCUT2D eigenvalue weighted by atomic mass is 15.3. The first kappa shape index (κ1) is 13.2. The minimum absolute atomic E-state index is 0.589. The first-order chi connectivity index (χ1) is 7.67. The van der Waals surface area contributed by atoms with Crippen molar-refractivity contribution < 1.29 is 0 Å². The normalized spacial score (nSPS) is 15.0.